The van der Waals surface area contributed by atoms with Crippen LogP contribution in [0.5, 0.6) is 0 Å². The van der Waals surface area contributed by atoms with Crippen molar-refractivity contribution in [3.8, 4) is 0 Å². The van der Waals surface area contributed by atoms with Gasteiger partial charge in [0.15, 0.2) is 0 Å². The summed E-state index contributed by atoms with van der Waals surface area (Å²) in [6.07, 6.45) is 2.06. The summed E-state index contributed by atoms with van der Waals surface area (Å²) >= 11 is 11.9. The number of aliphatic carboxylic acids is 1. The lowest BCUT2D eigenvalue weighted by Gasteiger charge is -2.38. The minimum absolute atomic E-state index is 0.0461. The van der Waals surface area contributed by atoms with E-state index in [4.69, 9.17) is 23.2 Å². The number of nitrogens with zero attached hydrogens (tertiary/aromatic N) is 1. The van der Waals surface area contributed by atoms with Crippen molar-refractivity contribution in [1.82, 2.24) is 4.90 Å². The van der Waals surface area contributed by atoms with Gasteiger partial charge in [-0.2, -0.15) is 0 Å². The van der Waals surface area contributed by atoms with Crippen LogP contribution in [0.25, 0.3) is 0 Å². The maximum absolute atomic E-state index is 12.4. The van der Waals surface area contributed by atoms with E-state index in [2.05, 4.69) is 0 Å². The molecule has 1 aromatic rings. The van der Waals surface area contributed by atoms with E-state index in [0.717, 1.165) is 12.0 Å². The average molecular weight is 344 g/mol. The average Bonchev–Trinajstić information content (AvgIpc) is 2.43. The molecule has 0 radical (unpaired) electrons. The number of hydrogen-bond acceptors (Lipinski definition) is 2. The molecule has 1 aromatic carbocycles. The fraction of sp³-hybridized carbons (Fsp3) is 0.500. The number of hydrogen-bond donors (Lipinski definition) is 1. The van der Waals surface area contributed by atoms with E-state index in [9.17, 15) is 14.7 Å². The highest BCUT2D eigenvalue weighted by Crippen LogP contribution is 2.45. The quantitative estimate of drug-likeness (QED) is 0.873. The van der Waals surface area contributed by atoms with Gasteiger partial charge in [-0.1, -0.05) is 35.7 Å². The standard InChI is InChI=1S/C16H19Cl2NO3/c1-10(11-4-5-12(17)13(18)8-11)19(2)14(20)9-16(15(21)22)6-3-7-16/h4-5,8,10H,3,6-7,9H2,1-2H3,(H,21,22). The summed E-state index contributed by atoms with van der Waals surface area (Å²) in [7, 11) is 1.68. The van der Waals surface area contributed by atoms with Crippen LogP contribution >= 0.6 is 23.2 Å². The number of carboxylic acid groups (broad SMARTS) is 1. The summed E-state index contributed by atoms with van der Waals surface area (Å²) in [6.45, 7) is 1.88. The predicted octanol–water partition coefficient (Wildman–Crippen LogP) is 4.16. The van der Waals surface area contributed by atoms with Crippen LogP contribution in [-0.2, 0) is 9.59 Å². The Balaban J connectivity index is 2.09. The molecule has 1 fully saturated rings. The zero-order chi connectivity index (χ0) is 16.5. The number of halogens is 2. The van der Waals surface area contributed by atoms with Crippen molar-refractivity contribution < 1.29 is 14.7 Å². The maximum Gasteiger partial charge on any atom is 0.310 e. The zero-order valence-electron chi connectivity index (χ0n) is 12.6. The molecule has 0 heterocycles. The second kappa shape index (κ2) is 6.47. The lowest BCUT2D eigenvalue weighted by molar-refractivity contribution is -0.159. The van der Waals surface area contributed by atoms with Crippen LogP contribution in [0.3, 0.4) is 0 Å². The fourth-order valence-corrected chi connectivity index (χ4v) is 3.00. The van der Waals surface area contributed by atoms with Crippen molar-refractivity contribution >= 4 is 35.1 Å². The smallest absolute Gasteiger partial charge is 0.310 e. The summed E-state index contributed by atoms with van der Waals surface area (Å²) < 4.78 is 0. The van der Waals surface area contributed by atoms with E-state index in [-0.39, 0.29) is 18.4 Å². The molecule has 120 valence electrons. The van der Waals surface area contributed by atoms with Gasteiger partial charge in [0.1, 0.15) is 0 Å². The van der Waals surface area contributed by atoms with Crippen LogP contribution in [0.15, 0.2) is 18.2 Å². The molecule has 4 nitrogen and oxygen atoms in total. The molecule has 2 rings (SSSR count). The van der Waals surface area contributed by atoms with Gasteiger partial charge in [-0.25, -0.2) is 0 Å². The third-order valence-electron chi connectivity index (χ3n) is 4.65. The second-order valence-electron chi connectivity index (χ2n) is 5.97. The van der Waals surface area contributed by atoms with Crippen LogP contribution in [0.2, 0.25) is 10.0 Å². The highest BCUT2D eigenvalue weighted by Gasteiger charge is 2.46. The van der Waals surface area contributed by atoms with Crippen LogP contribution in [0.1, 0.15) is 44.2 Å². The number of carboxylic acids is 1. The Morgan fingerprint density at radius 3 is 2.41 bits per heavy atom. The largest absolute Gasteiger partial charge is 0.481 e. The van der Waals surface area contributed by atoms with Crippen molar-refractivity contribution in [3.63, 3.8) is 0 Å². The van der Waals surface area contributed by atoms with Crippen LogP contribution in [0, 0.1) is 5.41 Å². The third-order valence-corrected chi connectivity index (χ3v) is 5.39. The lowest BCUT2D eigenvalue weighted by atomic mass is 9.66. The number of rotatable bonds is 5. The van der Waals surface area contributed by atoms with Gasteiger partial charge in [-0.05, 0) is 37.5 Å². The van der Waals surface area contributed by atoms with E-state index in [0.29, 0.717) is 22.9 Å². The minimum Gasteiger partial charge on any atom is -0.481 e. The van der Waals surface area contributed by atoms with Crippen LogP contribution in [0.4, 0.5) is 0 Å². The van der Waals surface area contributed by atoms with Gasteiger partial charge in [0, 0.05) is 13.5 Å². The summed E-state index contributed by atoms with van der Waals surface area (Å²) in [5.41, 5.74) is -0.00821. The van der Waals surface area contributed by atoms with Gasteiger partial charge < -0.3 is 10.0 Å². The van der Waals surface area contributed by atoms with E-state index in [1.807, 2.05) is 13.0 Å². The van der Waals surface area contributed by atoms with Gasteiger partial charge in [0.2, 0.25) is 5.91 Å². The highest BCUT2D eigenvalue weighted by atomic mass is 35.5. The normalized spacial score (nSPS) is 17.5. The van der Waals surface area contributed by atoms with Crippen molar-refractivity contribution in [2.24, 2.45) is 5.41 Å². The van der Waals surface area contributed by atoms with Crippen molar-refractivity contribution in [2.75, 3.05) is 7.05 Å². The first kappa shape index (κ1) is 17.1. The molecule has 0 bridgehead atoms. The first-order chi connectivity index (χ1) is 10.3. The molecular formula is C16H19Cl2NO3. The summed E-state index contributed by atoms with van der Waals surface area (Å²) in [5.74, 6) is -1.04. The molecule has 1 amide bonds. The Labute approximate surface area is 140 Å². The minimum atomic E-state index is -0.873. The Bertz CT molecular complexity index is 599. The number of amides is 1. The van der Waals surface area contributed by atoms with E-state index in [1.54, 1.807) is 24.1 Å². The molecule has 22 heavy (non-hydrogen) atoms. The number of benzene rings is 1. The monoisotopic (exact) mass is 343 g/mol. The molecule has 0 aliphatic heterocycles. The van der Waals surface area contributed by atoms with E-state index < -0.39 is 11.4 Å². The number of carbonyl (C=O) groups is 2. The fourth-order valence-electron chi connectivity index (χ4n) is 2.70. The predicted molar refractivity (Wildman–Crippen MR) is 86.2 cm³/mol. The third kappa shape index (κ3) is 3.23. The highest BCUT2D eigenvalue weighted by molar-refractivity contribution is 6.42. The molecule has 1 saturated carbocycles. The topological polar surface area (TPSA) is 57.6 Å². The van der Waals surface area contributed by atoms with Gasteiger partial charge in [0.05, 0.1) is 21.5 Å². The molecule has 0 aromatic heterocycles. The zero-order valence-corrected chi connectivity index (χ0v) is 14.1. The summed E-state index contributed by atoms with van der Waals surface area (Å²) in [6, 6.07) is 5.04. The van der Waals surface area contributed by atoms with Gasteiger partial charge in [-0.3, -0.25) is 9.59 Å². The van der Waals surface area contributed by atoms with Crippen molar-refractivity contribution in [2.45, 2.75) is 38.6 Å². The van der Waals surface area contributed by atoms with Crippen molar-refractivity contribution in [1.29, 1.82) is 0 Å². The molecule has 1 unspecified atom stereocenters. The van der Waals surface area contributed by atoms with Crippen molar-refractivity contribution in [3.05, 3.63) is 33.8 Å². The number of carbonyl (C=O) groups excluding carboxylic acids is 1. The molecular weight excluding hydrogens is 325 g/mol. The van der Waals surface area contributed by atoms with E-state index in [1.165, 1.54) is 0 Å². The van der Waals surface area contributed by atoms with Gasteiger partial charge in [-0.15, -0.1) is 0 Å². The molecule has 0 spiro atoms. The first-order valence-electron chi connectivity index (χ1n) is 7.21. The Hall–Kier alpha value is -1.26. The van der Waals surface area contributed by atoms with Gasteiger partial charge >= 0.3 is 5.97 Å². The Kier molecular flexibility index (Phi) is 5.03. The lowest BCUT2D eigenvalue weighted by Crippen LogP contribution is -2.43. The molecule has 1 aliphatic rings. The van der Waals surface area contributed by atoms with Crippen LogP contribution in [-0.4, -0.2) is 28.9 Å². The molecule has 0 saturated heterocycles. The molecule has 1 atom stereocenters. The summed E-state index contributed by atoms with van der Waals surface area (Å²) in [5, 5.41) is 10.2. The Morgan fingerprint density at radius 1 is 1.32 bits per heavy atom. The second-order valence-corrected chi connectivity index (χ2v) is 6.78. The summed E-state index contributed by atoms with van der Waals surface area (Å²) in [4.78, 5) is 25.4. The van der Waals surface area contributed by atoms with Crippen LogP contribution < -0.4 is 0 Å². The molecule has 6 heteroatoms. The maximum atomic E-state index is 12.4. The SMILES string of the molecule is CC(c1ccc(Cl)c(Cl)c1)N(C)C(=O)CC1(C(=O)O)CCC1. The first-order valence-corrected chi connectivity index (χ1v) is 7.96. The van der Waals surface area contributed by atoms with Gasteiger partial charge in [0.25, 0.3) is 0 Å². The molecule has 1 N–H and O–H groups in total. The molecule has 1 aliphatic carbocycles. The van der Waals surface area contributed by atoms with E-state index >= 15 is 0 Å². The Morgan fingerprint density at radius 2 is 1.95 bits per heavy atom.